The summed E-state index contributed by atoms with van der Waals surface area (Å²) in [6.07, 6.45) is 3.45. The molecule has 0 saturated heterocycles. The van der Waals surface area contributed by atoms with Gasteiger partial charge in [-0.05, 0) is 54.7 Å². The molecule has 2 heterocycles. The van der Waals surface area contributed by atoms with Crippen molar-refractivity contribution in [2.24, 2.45) is 5.73 Å². The average Bonchev–Trinajstić information content (AvgIpc) is 2.33. The quantitative estimate of drug-likeness (QED) is 0.753. The van der Waals surface area contributed by atoms with Crippen LogP contribution < -0.4 is 16.0 Å². The van der Waals surface area contributed by atoms with E-state index in [9.17, 15) is 4.79 Å². The Kier molecular flexibility index (Phi) is 2.70. The van der Waals surface area contributed by atoms with E-state index >= 15 is 0 Å². The summed E-state index contributed by atoms with van der Waals surface area (Å²) < 4.78 is 0. The Morgan fingerprint density at radius 1 is 1.28 bits per heavy atom. The molecule has 3 N–H and O–H groups in total. The van der Waals surface area contributed by atoms with Crippen molar-refractivity contribution in [2.45, 2.75) is 25.7 Å². The van der Waals surface area contributed by atoms with E-state index in [1.54, 1.807) is 0 Å². The van der Waals surface area contributed by atoms with Crippen LogP contribution in [0, 0.1) is 0 Å². The minimum atomic E-state index is 0.249. The van der Waals surface area contributed by atoms with Gasteiger partial charge in [-0.15, -0.1) is 0 Å². The first kappa shape index (κ1) is 11.5. The normalized spacial score (nSPS) is 17.3. The minimum Gasteiger partial charge on any atom is -0.376 e. The summed E-state index contributed by atoms with van der Waals surface area (Å²) >= 11 is 4.87. The zero-order valence-corrected chi connectivity index (χ0v) is 10.8. The molecule has 5 heteroatoms. The lowest BCUT2D eigenvalue weighted by Gasteiger charge is -2.35. The van der Waals surface area contributed by atoms with Crippen molar-refractivity contribution in [1.29, 1.82) is 0 Å². The summed E-state index contributed by atoms with van der Waals surface area (Å²) in [5, 5.41) is 3.26. The summed E-state index contributed by atoms with van der Waals surface area (Å²) in [4.78, 5) is 13.8. The largest absolute Gasteiger partial charge is 0.376 e. The van der Waals surface area contributed by atoms with Crippen LogP contribution in [0.15, 0.2) is 12.1 Å². The van der Waals surface area contributed by atoms with E-state index in [-0.39, 0.29) is 11.0 Å². The molecular weight excluding hydrogens is 246 g/mol. The van der Waals surface area contributed by atoms with Crippen LogP contribution in [-0.4, -0.2) is 17.6 Å². The standard InChI is InChI=1S/C13H15N3OS/c14-13(18)15-10-6-8-2-1-5-16-11(17)4-3-9(7-10)12(8)16/h6-7H,1-5H2,(H3,14,15,18). The first-order valence-electron chi connectivity index (χ1n) is 6.18. The Morgan fingerprint density at radius 2 is 2.00 bits per heavy atom. The summed E-state index contributed by atoms with van der Waals surface area (Å²) in [6.45, 7) is 0.848. The number of hydrogen-bond acceptors (Lipinski definition) is 2. The van der Waals surface area contributed by atoms with E-state index < -0.39 is 0 Å². The van der Waals surface area contributed by atoms with Gasteiger partial charge < -0.3 is 16.0 Å². The van der Waals surface area contributed by atoms with Crippen molar-refractivity contribution in [3.8, 4) is 0 Å². The number of aryl methyl sites for hydroxylation is 2. The Labute approximate surface area is 111 Å². The Bertz CT molecular complexity index is 524. The van der Waals surface area contributed by atoms with Crippen LogP contribution in [0.2, 0.25) is 0 Å². The third-order valence-corrected chi connectivity index (χ3v) is 3.64. The maximum Gasteiger partial charge on any atom is 0.227 e. The zero-order valence-electron chi connectivity index (χ0n) is 10.0. The second kappa shape index (κ2) is 4.24. The van der Waals surface area contributed by atoms with Crippen molar-refractivity contribution in [3.05, 3.63) is 23.3 Å². The second-order valence-electron chi connectivity index (χ2n) is 4.78. The van der Waals surface area contributed by atoms with E-state index in [1.807, 2.05) is 4.90 Å². The number of carbonyl (C=O) groups is 1. The van der Waals surface area contributed by atoms with E-state index in [0.717, 1.165) is 37.2 Å². The summed E-state index contributed by atoms with van der Waals surface area (Å²) in [5.74, 6) is 0.249. The van der Waals surface area contributed by atoms with Gasteiger partial charge in [-0.1, -0.05) is 0 Å². The second-order valence-corrected chi connectivity index (χ2v) is 5.22. The summed E-state index contributed by atoms with van der Waals surface area (Å²) in [7, 11) is 0. The van der Waals surface area contributed by atoms with Gasteiger partial charge in [0, 0.05) is 18.7 Å². The number of anilines is 2. The van der Waals surface area contributed by atoms with Crippen LogP contribution in [0.3, 0.4) is 0 Å². The molecule has 3 rings (SSSR count). The molecule has 18 heavy (non-hydrogen) atoms. The number of carbonyl (C=O) groups excluding carboxylic acids is 1. The van der Waals surface area contributed by atoms with Gasteiger partial charge in [0.25, 0.3) is 0 Å². The first-order valence-corrected chi connectivity index (χ1v) is 6.58. The number of rotatable bonds is 1. The number of amides is 1. The van der Waals surface area contributed by atoms with Crippen molar-refractivity contribution in [3.63, 3.8) is 0 Å². The molecule has 1 aromatic rings. The first-order chi connectivity index (χ1) is 8.65. The fourth-order valence-corrected chi connectivity index (χ4v) is 2.99. The lowest BCUT2D eigenvalue weighted by atomic mass is 9.91. The highest BCUT2D eigenvalue weighted by atomic mass is 32.1. The molecule has 0 saturated carbocycles. The Balaban J connectivity index is 2.08. The van der Waals surface area contributed by atoms with E-state index in [1.165, 1.54) is 11.1 Å². The van der Waals surface area contributed by atoms with Gasteiger partial charge in [-0.25, -0.2) is 0 Å². The van der Waals surface area contributed by atoms with Crippen LogP contribution in [0.5, 0.6) is 0 Å². The van der Waals surface area contributed by atoms with E-state index in [2.05, 4.69) is 17.4 Å². The fourth-order valence-electron chi connectivity index (χ4n) is 2.87. The van der Waals surface area contributed by atoms with Gasteiger partial charge >= 0.3 is 0 Å². The minimum absolute atomic E-state index is 0.249. The van der Waals surface area contributed by atoms with Gasteiger partial charge in [0.15, 0.2) is 5.11 Å². The van der Waals surface area contributed by atoms with Crippen LogP contribution >= 0.6 is 12.2 Å². The van der Waals surface area contributed by atoms with Gasteiger partial charge in [-0.2, -0.15) is 0 Å². The number of nitrogens with zero attached hydrogens (tertiary/aromatic N) is 1. The van der Waals surface area contributed by atoms with Crippen molar-refractivity contribution < 1.29 is 4.79 Å². The fraction of sp³-hybridized carbons (Fsp3) is 0.385. The third-order valence-electron chi connectivity index (χ3n) is 3.54. The van der Waals surface area contributed by atoms with Gasteiger partial charge in [0.2, 0.25) is 5.91 Å². The molecule has 0 spiro atoms. The lowest BCUT2D eigenvalue weighted by Crippen LogP contribution is -2.39. The van der Waals surface area contributed by atoms with Gasteiger partial charge in [0.1, 0.15) is 0 Å². The number of benzene rings is 1. The predicted molar refractivity (Wildman–Crippen MR) is 75.8 cm³/mol. The number of nitrogens with one attached hydrogen (secondary N) is 1. The average molecular weight is 261 g/mol. The lowest BCUT2D eigenvalue weighted by molar-refractivity contribution is -0.119. The molecular formula is C13H15N3OS. The number of hydrogen-bond donors (Lipinski definition) is 2. The molecule has 4 nitrogen and oxygen atoms in total. The van der Waals surface area contributed by atoms with Crippen molar-refractivity contribution >= 4 is 34.6 Å². The maximum absolute atomic E-state index is 11.9. The predicted octanol–water partition coefficient (Wildman–Crippen LogP) is 1.57. The molecule has 0 aliphatic carbocycles. The molecule has 0 fully saturated rings. The van der Waals surface area contributed by atoms with Crippen molar-refractivity contribution in [1.82, 2.24) is 0 Å². The van der Waals surface area contributed by atoms with E-state index in [4.69, 9.17) is 18.0 Å². The highest BCUT2D eigenvalue weighted by Gasteiger charge is 2.29. The summed E-state index contributed by atoms with van der Waals surface area (Å²) in [6, 6.07) is 4.12. The molecule has 0 radical (unpaired) electrons. The monoisotopic (exact) mass is 261 g/mol. The van der Waals surface area contributed by atoms with Crippen LogP contribution in [0.4, 0.5) is 11.4 Å². The molecule has 0 unspecified atom stereocenters. The highest BCUT2D eigenvalue weighted by molar-refractivity contribution is 7.80. The van der Waals surface area contributed by atoms with Crippen molar-refractivity contribution in [2.75, 3.05) is 16.8 Å². The number of nitrogens with two attached hydrogens (primary N) is 1. The summed E-state index contributed by atoms with van der Waals surface area (Å²) in [5.41, 5.74) is 10.0. The van der Waals surface area contributed by atoms with Gasteiger partial charge in [0.05, 0.1) is 5.69 Å². The molecule has 0 atom stereocenters. The zero-order chi connectivity index (χ0) is 12.7. The molecule has 0 aromatic heterocycles. The van der Waals surface area contributed by atoms with Crippen LogP contribution in [0.1, 0.15) is 24.0 Å². The number of thiocarbonyl (C=S) groups is 1. The van der Waals surface area contributed by atoms with Crippen LogP contribution in [0.25, 0.3) is 0 Å². The molecule has 94 valence electrons. The molecule has 1 aromatic carbocycles. The molecule has 2 aliphatic rings. The Hall–Kier alpha value is -1.62. The highest BCUT2D eigenvalue weighted by Crippen LogP contribution is 2.37. The maximum atomic E-state index is 11.9. The third kappa shape index (κ3) is 1.84. The topological polar surface area (TPSA) is 58.4 Å². The van der Waals surface area contributed by atoms with Gasteiger partial charge in [-0.3, -0.25) is 4.79 Å². The smallest absolute Gasteiger partial charge is 0.227 e. The van der Waals surface area contributed by atoms with E-state index in [0.29, 0.717) is 6.42 Å². The molecule has 2 aliphatic heterocycles. The molecule has 1 amide bonds. The Morgan fingerprint density at radius 3 is 2.72 bits per heavy atom. The van der Waals surface area contributed by atoms with Crippen LogP contribution in [-0.2, 0) is 17.6 Å². The molecule has 0 bridgehead atoms. The SMILES string of the molecule is NC(=S)Nc1cc2c3c(c1)CCC(=O)N3CCC2.